The third-order valence-corrected chi connectivity index (χ3v) is 8.55. The van der Waals surface area contributed by atoms with E-state index in [4.69, 9.17) is 9.47 Å². The van der Waals surface area contributed by atoms with Crippen molar-refractivity contribution in [1.29, 1.82) is 0 Å². The van der Waals surface area contributed by atoms with Gasteiger partial charge in [-0.05, 0) is 26.1 Å². The van der Waals surface area contributed by atoms with E-state index in [-0.39, 0.29) is 30.1 Å². The molecule has 3 aromatic heterocycles. The van der Waals surface area contributed by atoms with Crippen molar-refractivity contribution in [2.75, 3.05) is 14.2 Å². The van der Waals surface area contributed by atoms with Crippen LogP contribution in [0.1, 0.15) is 19.6 Å². The molecule has 0 amide bonds. The minimum Gasteiger partial charge on any atom is -0.494 e. The highest BCUT2D eigenvalue weighted by Crippen LogP contribution is 2.55. The van der Waals surface area contributed by atoms with Gasteiger partial charge in [-0.15, -0.1) is 0 Å². The summed E-state index contributed by atoms with van der Waals surface area (Å²) in [6, 6.07) is 16.4. The maximum absolute atomic E-state index is 11.1. The molecule has 0 radical (unpaired) electrons. The largest absolute Gasteiger partial charge is 0.494 e. The Kier molecular flexibility index (Phi) is 3.71. The van der Waals surface area contributed by atoms with E-state index in [0.29, 0.717) is 17.2 Å². The minimum atomic E-state index is -0.846. The zero-order chi connectivity index (χ0) is 24.5. The maximum Gasteiger partial charge on any atom is 0.200 e. The van der Waals surface area contributed by atoms with Crippen LogP contribution < -0.4 is 5.32 Å². The van der Waals surface area contributed by atoms with Gasteiger partial charge < -0.3 is 34.1 Å². The van der Waals surface area contributed by atoms with Crippen LogP contribution >= 0.6 is 0 Å². The molecule has 1 saturated heterocycles. The molecule has 0 saturated carbocycles. The van der Waals surface area contributed by atoms with E-state index < -0.39 is 5.72 Å². The quantitative estimate of drug-likeness (QED) is 0.278. The van der Waals surface area contributed by atoms with Crippen molar-refractivity contribution in [2.45, 2.75) is 37.4 Å². The Morgan fingerprint density at radius 2 is 1.56 bits per heavy atom. The van der Waals surface area contributed by atoms with Gasteiger partial charge >= 0.3 is 0 Å². The lowest BCUT2D eigenvalue weighted by Gasteiger charge is -2.48. The molecular weight excluding hydrogens is 456 g/mol. The molecule has 4 N–H and O–H groups in total. The molecule has 2 bridgehead atoms. The molecule has 2 aliphatic rings. The van der Waals surface area contributed by atoms with E-state index >= 15 is 0 Å². The fourth-order valence-corrected chi connectivity index (χ4v) is 7.28. The summed E-state index contributed by atoms with van der Waals surface area (Å²) >= 11 is 0. The molecule has 1 fully saturated rings. The van der Waals surface area contributed by atoms with Crippen LogP contribution in [-0.4, -0.2) is 50.6 Å². The van der Waals surface area contributed by atoms with Crippen LogP contribution in [0.2, 0.25) is 0 Å². The smallest absolute Gasteiger partial charge is 0.200 e. The van der Waals surface area contributed by atoms with Gasteiger partial charge in [-0.2, -0.15) is 0 Å². The number of hydrogen-bond donors (Lipinski definition) is 4. The Bertz CT molecular complexity index is 1900. The summed E-state index contributed by atoms with van der Waals surface area (Å²) in [5.74, 6) is -0.0785. The highest BCUT2D eigenvalue weighted by Gasteiger charge is 2.52. The fourth-order valence-electron chi connectivity index (χ4n) is 7.28. The number of ether oxygens (including phenoxy) is 2. The molecule has 4 atom stereocenters. The normalized spacial score (nSPS) is 25.7. The summed E-state index contributed by atoms with van der Waals surface area (Å²) in [5, 5.41) is 30.7. The second-order valence-corrected chi connectivity index (χ2v) is 10.2. The van der Waals surface area contributed by atoms with Crippen molar-refractivity contribution in [1.82, 2.24) is 19.4 Å². The SMILES string of the molecule is CN[C@@H]1C[C@H]2OC(C)([C@@H]1OC)n1c3ccccc3c3c4c(O)[nH]c(O)c4c4c5ccccc5n2c4c31. The molecule has 8 rings (SSSR count). The molecule has 36 heavy (non-hydrogen) atoms. The molecule has 0 aliphatic carbocycles. The van der Waals surface area contributed by atoms with Crippen molar-refractivity contribution in [3.8, 4) is 11.8 Å². The van der Waals surface area contributed by atoms with Crippen molar-refractivity contribution < 1.29 is 19.7 Å². The molecule has 5 heterocycles. The predicted molar refractivity (Wildman–Crippen MR) is 140 cm³/mol. The second-order valence-electron chi connectivity index (χ2n) is 10.2. The first-order chi connectivity index (χ1) is 17.5. The molecule has 0 spiro atoms. The summed E-state index contributed by atoms with van der Waals surface area (Å²) in [5.41, 5.74) is 3.12. The van der Waals surface area contributed by atoms with E-state index in [2.05, 4.69) is 50.6 Å². The van der Waals surface area contributed by atoms with E-state index in [9.17, 15) is 10.2 Å². The first kappa shape index (κ1) is 20.5. The van der Waals surface area contributed by atoms with Gasteiger partial charge in [0.15, 0.2) is 17.5 Å². The second kappa shape index (κ2) is 6.53. The monoisotopic (exact) mass is 482 g/mol. The predicted octanol–water partition coefficient (Wildman–Crippen LogP) is 5.00. The van der Waals surface area contributed by atoms with Crippen LogP contribution in [0.5, 0.6) is 11.8 Å². The van der Waals surface area contributed by atoms with Gasteiger partial charge in [-0.1, -0.05) is 36.4 Å². The number of benzene rings is 3. The number of H-pyrrole nitrogens is 1. The minimum absolute atomic E-state index is 0.0358. The molecule has 6 aromatic rings. The Hall–Kier alpha value is -3.72. The molecule has 3 aromatic carbocycles. The highest BCUT2D eigenvalue weighted by atomic mass is 16.6. The summed E-state index contributed by atoms with van der Waals surface area (Å²) in [7, 11) is 3.71. The average Bonchev–Trinajstić information content (AvgIpc) is 3.48. The van der Waals surface area contributed by atoms with Crippen molar-refractivity contribution in [3.05, 3.63) is 48.5 Å². The lowest BCUT2D eigenvalue weighted by molar-refractivity contribution is -0.256. The van der Waals surface area contributed by atoms with E-state index in [1.54, 1.807) is 7.11 Å². The maximum atomic E-state index is 11.1. The van der Waals surface area contributed by atoms with E-state index in [1.807, 2.05) is 31.3 Å². The molecule has 8 nitrogen and oxygen atoms in total. The first-order valence-electron chi connectivity index (χ1n) is 12.3. The van der Waals surface area contributed by atoms with Crippen LogP contribution in [0.15, 0.2) is 48.5 Å². The average molecular weight is 483 g/mol. The van der Waals surface area contributed by atoms with Crippen molar-refractivity contribution in [3.63, 3.8) is 0 Å². The molecular formula is C28H26N4O4. The number of nitrogens with one attached hydrogen (secondary N) is 2. The number of rotatable bonds is 2. The van der Waals surface area contributed by atoms with Crippen LogP contribution in [0.25, 0.3) is 54.4 Å². The van der Waals surface area contributed by atoms with Crippen molar-refractivity contribution >= 4 is 54.4 Å². The van der Waals surface area contributed by atoms with Gasteiger partial charge in [0.1, 0.15) is 12.3 Å². The van der Waals surface area contributed by atoms with Crippen LogP contribution in [0, 0.1) is 0 Å². The summed E-state index contributed by atoms with van der Waals surface area (Å²) < 4.78 is 17.8. The third kappa shape index (κ3) is 2.10. The topological polar surface area (TPSA) is 96.6 Å². The van der Waals surface area contributed by atoms with Crippen LogP contribution in [0.4, 0.5) is 0 Å². The number of likely N-dealkylation sites (N-methyl/N-ethyl adjacent to an activating group) is 1. The van der Waals surface area contributed by atoms with Gasteiger partial charge in [0, 0.05) is 41.1 Å². The van der Waals surface area contributed by atoms with Crippen LogP contribution in [-0.2, 0) is 15.2 Å². The number of aromatic hydroxyl groups is 2. The Balaban J connectivity index is 1.77. The fraction of sp³-hybridized carbons (Fsp3) is 0.286. The number of methoxy groups -OCH3 is 1. The zero-order valence-corrected chi connectivity index (χ0v) is 20.2. The van der Waals surface area contributed by atoms with E-state index in [0.717, 1.165) is 43.6 Å². The zero-order valence-electron chi connectivity index (χ0n) is 20.2. The first-order valence-corrected chi connectivity index (χ1v) is 12.3. The standard InChI is InChI=1S/C28H26N4O4/c1-28-25(35-3)15(29-2)12-18(36-28)31-16-10-6-4-8-13(16)19-21-22(27(34)30-26(21)33)20-14-9-5-7-11-17(14)32(28)24(20)23(19)31/h4-11,15,18,25,29-30,33-34H,12H2,1-3H3/t15-,18-,25-,28?/m1/s1. The molecule has 2 aliphatic heterocycles. The number of hydrogen-bond acceptors (Lipinski definition) is 5. The summed E-state index contributed by atoms with van der Waals surface area (Å²) in [4.78, 5) is 2.81. The van der Waals surface area contributed by atoms with Gasteiger partial charge in [0.2, 0.25) is 0 Å². The summed E-state index contributed by atoms with van der Waals surface area (Å²) in [6.45, 7) is 2.10. The molecule has 182 valence electrons. The van der Waals surface area contributed by atoms with Gasteiger partial charge in [-0.3, -0.25) is 4.98 Å². The lowest BCUT2D eigenvalue weighted by atomic mass is 9.93. The van der Waals surface area contributed by atoms with Crippen LogP contribution in [0.3, 0.4) is 0 Å². The van der Waals surface area contributed by atoms with E-state index in [1.165, 1.54) is 0 Å². The number of aromatic amines is 1. The number of para-hydroxylation sites is 2. The molecule has 8 heteroatoms. The molecule has 1 unspecified atom stereocenters. The highest BCUT2D eigenvalue weighted by molar-refractivity contribution is 6.38. The Morgan fingerprint density at radius 1 is 0.944 bits per heavy atom. The van der Waals surface area contributed by atoms with Gasteiger partial charge in [0.05, 0.1) is 32.8 Å². The van der Waals surface area contributed by atoms with Crippen molar-refractivity contribution in [2.24, 2.45) is 0 Å². The van der Waals surface area contributed by atoms with Gasteiger partial charge in [0.25, 0.3) is 0 Å². The Labute approximate surface area is 205 Å². The third-order valence-electron chi connectivity index (χ3n) is 8.55. The Morgan fingerprint density at radius 3 is 2.22 bits per heavy atom. The number of nitrogens with zero attached hydrogens (tertiary/aromatic N) is 2. The number of aromatic nitrogens is 3. The summed E-state index contributed by atoms with van der Waals surface area (Å²) in [6.07, 6.45) is 0.174. The van der Waals surface area contributed by atoms with Gasteiger partial charge in [-0.25, -0.2) is 0 Å². The number of fused-ring (bicyclic) bond motifs is 13. The lowest BCUT2D eigenvalue weighted by Crippen LogP contribution is -2.59.